The summed E-state index contributed by atoms with van der Waals surface area (Å²) in [6, 6.07) is 11.6. The number of carbonyl (C=O) groups excluding carboxylic acids is 2. The van der Waals surface area contributed by atoms with Gasteiger partial charge in [0.05, 0.1) is 20.1 Å². The molecule has 2 aliphatic heterocycles. The molecule has 0 N–H and O–H groups in total. The van der Waals surface area contributed by atoms with Crippen molar-refractivity contribution in [1.82, 2.24) is 29.7 Å². The molecule has 10 nitrogen and oxygen atoms in total. The summed E-state index contributed by atoms with van der Waals surface area (Å²) < 4.78 is 0. The Morgan fingerprint density at radius 1 is 0.516 bits per heavy atom. The lowest BCUT2D eigenvalue weighted by Crippen LogP contribution is -2.51. The Balaban J connectivity index is 0.000000158. The van der Waals surface area contributed by atoms with Crippen molar-refractivity contribution < 1.29 is 9.59 Å². The molecule has 4 heterocycles. The van der Waals surface area contributed by atoms with Crippen LogP contribution in [0.5, 0.6) is 0 Å². The molecule has 0 bridgehead atoms. The van der Waals surface area contributed by atoms with Gasteiger partial charge in [-0.05, 0) is 110 Å². The van der Waals surface area contributed by atoms with Crippen LogP contribution in [0.25, 0.3) is 0 Å². The highest BCUT2D eigenvalue weighted by atomic mass is 35.5. The molecule has 0 spiro atoms. The normalized spacial score (nSPS) is 25.7. The van der Waals surface area contributed by atoms with E-state index in [1.54, 1.807) is 12.7 Å². The van der Waals surface area contributed by atoms with Gasteiger partial charge in [-0.1, -0.05) is 85.2 Å². The molecule has 2 saturated heterocycles. The molecule has 2 amide bonds. The van der Waals surface area contributed by atoms with E-state index in [9.17, 15) is 9.59 Å². The van der Waals surface area contributed by atoms with E-state index in [1.165, 1.54) is 22.5 Å². The van der Waals surface area contributed by atoms with Crippen LogP contribution in [-0.2, 0) is 22.4 Å². The molecule has 0 radical (unpaired) electrons. The standard InChI is InChI=1S/2C24H28Cl2N4O/c2*1-15-5-8-21-22(15)23(28-14-27-21)29-9-11-30(12-10-29)24(31)18-4-2-3-17(18)16-6-7-19(25)20(26)13-16/h2*6-7,13-15,17-18H,2-5,8-12H2,1H3/t15-,17+,18-;15-,17-,18+/m11/s1. The second-order valence-electron chi connectivity index (χ2n) is 18.3. The van der Waals surface area contributed by atoms with Crippen LogP contribution in [0.2, 0.25) is 20.1 Å². The molecule has 4 aromatic rings. The number of hydrogen-bond acceptors (Lipinski definition) is 8. The number of aromatic nitrogens is 4. The summed E-state index contributed by atoms with van der Waals surface area (Å²) in [5.74, 6) is 4.28. The largest absolute Gasteiger partial charge is 0.353 e. The van der Waals surface area contributed by atoms with E-state index in [-0.39, 0.29) is 35.5 Å². The molecule has 6 aliphatic rings. The Morgan fingerprint density at radius 3 is 1.31 bits per heavy atom. The minimum absolute atomic E-state index is 0.0344. The predicted molar refractivity (Wildman–Crippen MR) is 248 cm³/mol. The second kappa shape index (κ2) is 18.8. The maximum Gasteiger partial charge on any atom is 0.226 e. The SMILES string of the molecule is C[C@@H]1CCc2ncnc(N3CCN(C(=O)[C@@H]4CCC[C@H]4c4ccc(Cl)c(Cl)c4)CC3)c21.C[C@@H]1CCc2ncnc(N3CCN(C(=O)[C@H]4CCC[C@@H]4c4ccc(Cl)c(Cl)c4)CC3)c21. The van der Waals surface area contributed by atoms with Crippen molar-refractivity contribution in [3.8, 4) is 0 Å². The van der Waals surface area contributed by atoms with Gasteiger partial charge in [0.15, 0.2) is 0 Å². The molecular weight excluding hydrogens is 862 g/mol. The number of aryl methyl sites for hydroxylation is 2. The lowest BCUT2D eigenvalue weighted by Gasteiger charge is -2.38. The molecule has 62 heavy (non-hydrogen) atoms. The maximum atomic E-state index is 13.4. The molecule has 14 heteroatoms. The monoisotopic (exact) mass is 916 g/mol. The van der Waals surface area contributed by atoms with Crippen molar-refractivity contribution in [3.63, 3.8) is 0 Å². The van der Waals surface area contributed by atoms with Gasteiger partial charge in [0.25, 0.3) is 0 Å². The first-order valence-corrected chi connectivity index (χ1v) is 24.2. The Hall–Kier alpha value is -3.70. The molecule has 328 valence electrons. The van der Waals surface area contributed by atoms with Crippen molar-refractivity contribution in [3.05, 3.63) is 103 Å². The van der Waals surface area contributed by atoms with Gasteiger partial charge in [0.2, 0.25) is 11.8 Å². The lowest BCUT2D eigenvalue weighted by atomic mass is 9.87. The van der Waals surface area contributed by atoms with Crippen molar-refractivity contribution in [2.45, 2.75) is 102 Å². The molecular formula is C48H56Cl4N8O2. The van der Waals surface area contributed by atoms with Gasteiger partial charge >= 0.3 is 0 Å². The second-order valence-corrected chi connectivity index (χ2v) is 19.9. The molecule has 4 fully saturated rings. The summed E-state index contributed by atoms with van der Waals surface area (Å²) >= 11 is 24.7. The third-order valence-corrected chi connectivity index (χ3v) is 16.2. The number of halogens is 4. The van der Waals surface area contributed by atoms with E-state index in [2.05, 4.69) is 53.4 Å². The van der Waals surface area contributed by atoms with Crippen molar-refractivity contribution in [1.29, 1.82) is 0 Å². The highest BCUT2D eigenvalue weighted by molar-refractivity contribution is 6.42. The van der Waals surface area contributed by atoms with E-state index in [0.29, 0.717) is 31.9 Å². The first-order chi connectivity index (χ1) is 30.0. The van der Waals surface area contributed by atoms with Crippen molar-refractivity contribution in [2.75, 3.05) is 62.2 Å². The van der Waals surface area contributed by atoms with Gasteiger partial charge < -0.3 is 19.6 Å². The molecule has 2 saturated carbocycles. The summed E-state index contributed by atoms with van der Waals surface area (Å²) in [5, 5.41) is 2.26. The number of anilines is 2. The lowest BCUT2D eigenvalue weighted by molar-refractivity contribution is -0.136. The predicted octanol–water partition coefficient (Wildman–Crippen LogP) is 10.1. The number of nitrogens with zero attached hydrogens (tertiary/aromatic N) is 8. The van der Waals surface area contributed by atoms with Crippen LogP contribution in [0.4, 0.5) is 11.6 Å². The zero-order chi connectivity index (χ0) is 43.1. The summed E-state index contributed by atoms with van der Waals surface area (Å²) in [5.41, 5.74) is 7.30. The highest BCUT2D eigenvalue weighted by Crippen LogP contribution is 2.45. The fourth-order valence-corrected chi connectivity index (χ4v) is 11.9. The Bertz CT molecular complexity index is 2140. The topological polar surface area (TPSA) is 98.7 Å². The summed E-state index contributed by atoms with van der Waals surface area (Å²) in [7, 11) is 0. The van der Waals surface area contributed by atoms with Crippen molar-refractivity contribution >= 4 is 69.9 Å². The summed E-state index contributed by atoms with van der Waals surface area (Å²) in [4.78, 5) is 53.9. The van der Waals surface area contributed by atoms with E-state index in [4.69, 9.17) is 46.4 Å². The van der Waals surface area contributed by atoms with Gasteiger partial charge in [-0.15, -0.1) is 0 Å². The van der Waals surface area contributed by atoms with E-state index in [1.807, 2.05) is 36.4 Å². The van der Waals surface area contributed by atoms with Crippen LogP contribution in [-0.4, -0.2) is 93.9 Å². The molecule has 2 aromatic carbocycles. The molecule has 4 aliphatic carbocycles. The third kappa shape index (κ3) is 8.75. The highest BCUT2D eigenvalue weighted by Gasteiger charge is 2.40. The molecule has 0 unspecified atom stereocenters. The minimum atomic E-state index is 0.0344. The maximum absolute atomic E-state index is 13.4. The quantitative estimate of drug-likeness (QED) is 0.189. The molecule has 10 rings (SSSR count). The average Bonchev–Trinajstić information content (AvgIpc) is 4.13. The smallest absolute Gasteiger partial charge is 0.226 e. The van der Waals surface area contributed by atoms with Crippen LogP contribution in [0.1, 0.15) is 123 Å². The number of amides is 2. The third-order valence-electron chi connectivity index (χ3n) is 14.7. The molecule has 2 aromatic heterocycles. The van der Waals surface area contributed by atoms with Crippen LogP contribution in [0.15, 0.2) is 49.1 Å². The number of carbonyl (C=O) groups is 2. The first kappa shape index (κ1) is 43.5. The Kier molecular flexibility index (Phi) is 13.2. The van der Waals surface area contributed by atoms with Gasteiger partial charge in [-0.2, -0.15) is 0 Å². The Labute approximate surface area is 385 Å². The number of hydrogen-bond donors (Lipinski definition) is 0. The van der Waals surface area contributed by atoms with E-state index in [0.717, 1.165) is 139 Å². The number of fused-ring (bicyclic) bond motifs is 2. The van der Waals surface area contributed by atoms with Gasteiger partial charge in [-0.25, -0.2) is 19.9 Å². The van der Waals surface area contributed by atoms with Crippen LogP contribution < -0.4 is 9.80 Å². The minimum Gasteiger partial charge on any atom is -0.353 e. The van der Waals surface area contributed by atoms with E-state index >= 15 is 0 Å². The first-order valence-electron chi connectivity index (χ1n) is 22.7. The van der Waals surface area contributed by atoms with Gasteiger partial charge in [-0.3, -0.25) is 9.59 Å². The van der Waals surface area contributed by atoms with Crippen LogP contribution in [0, 0.1) is 11.8 Å². The summed E-state index contributed by atoms with van der Waals surface area (Å²) in [6.07, 6.45) is 13.9. The van der Waals surface area contributed by atoms with Crippen molar-refractivity contribution in [2.24, 2.45) is 11.8 Å². The van der Waals surface area contributed by atoms with E-state index < -0.39 is 0 Å². The van der Waals surface area contributed by atoms with Gasteiger partial charge in [0, 0.05) is 86.7 Å². The zero-order valence-electron chi connectivity index (χ0n) is 35.7. The number of benzene rings is 2. The van der Waals surface area contributed by atoms with Crippen LogP contribution in [0.3, 0.4) is 0 Å². The fourth-order valence-electron chi connectivity index (χ4n) is 11.3. The summed E-state index contributed by atoms with van der Waals surface area (Å²) in [6.45, 7) is 10.8. The zero-order valence-corrected chi connectivity index (χ0v) is 38.7. The van der Waals surface area contributed by atoms with Gasteiger partial charge in [0.1, 0.15) is 24.3 Å². The Morgan fingerprint density at radius 2 is 0.919 bits per heavy atom. The fraction of sp³-hybridized carbons (Fsp3) is 0.542. The number of piperazine rings is 2. The number of rotatable bonds is 6. The molecule has 6 atom stereocenters. The average molecular weight is 919 g/mol. The van der Waals surface area contributed by atoms with Crippen LogP contribution >= 0.6 is 46.4 Å².